The average molecular weight is 381 g/mol. The highest BCUT2D eigenvalue weighted by Crippen LogP contribution is 2.44. The van der Waals surface area contributed by atoms with E-state index in [-0.39, 0.29) is 36.2 Å². The number of hydrogen-bond donors (Lipinski definition) is 2. The summed E-state index contributed by atoms with van der Waals surface area (Å²) in [4.78, 5) is 13.4. The number of halogens is 2. The van der Waals surface area contributed by atoms with E-state index in [0.717, 1.165) is 51.4 Å². The van der Waals surface area contributed by atoms with Gasteiger partial charge in [-0.2, -0.15) is 0 Å². The van der Waals surface area contributed by atoms with E-state index in [1.54, 1.807) is 12.1 Å². The number of hydrogen-bond acceptors (Lipinski definition) is 2. The Kier molecular flexibility index (Phi) is 5.93. The summed E-state index contributed by atoms with van der Waals surface area (Å²) >= 11 is 0. The molecule has 0 radical (unpaired) electrons. The molecule has 2 atom stereocenters. The lowest BCUT2D eigenvalue weighted by Gasteiger charge is -2.46. The van der Waals surface area contributed by atoms with Gasteiger partial charge in [-0.15, -0.1) is 12.4 Å². The molecule has 0 heterocycles. The van der Waals surface area contributed by atoms with E-state index < -0.39 is 5.41 Å². The molecule has 0 aromatic heterocycles. The fourth-order valence-corrected chi connectivity index (χ4v) is 5.76. The summed E-state index contributed by atoms with van der Waals surface area (Å²) in [5, 5.41) is 3.39. The number of nitrogens with one attached hydrogen (secondary N) is 1. The van der Waals surface area contributed by atoms with Crippen molar-refractivity contribution >= 4 is 18.3 Å². The second kappa shape index (κ2) is 7.85. The Hall–Kier alpha value is -1.13. The van der Waals surface area contributed by atoms with Crippen molar-refractivity contribution < 1.29 is 9.18 Å². The lowest BCUT2D eigenvalue weighted by Crippen LogP contribution is -2.57. The van der Waals surface area contributed by atoms with Crippen molar-refractivity contribution in [2.24, 2.45) is 17.6 Å². The number of fused-ring (bicyclic) bond motifs is 2. The van der Waals surface area contributed by atoms with Gasteiger partial charge in [0.15, 0.2) is 0 Å². The Morgan fingerprint density at radius 1 is 1.08 bits per heavy atom. The van der Waals surface area contributed by atoms with Crippen LogP contribution in [-0.2, 0) is 10.2 Å². The second-order valence-corrected chi connectivity index (χ2v) is 8.45. The second-order valence-electron chi connectivity index (χ2n) is 8.45. The third-order valence-corrected chi connectivity index (χ3v) is 6.96. The Morgan fingerprint density at radius 3 is 2.31 bits per heavy atom. The highest BCUT2D eigenvalue weighted by molar-refractivity contribution is 5.89. The van der Waals surface area contributed by atoms with Crippen LogP contribution < -0.4 is 11.1 Å². The summed E-state index contributed by atoms with van der Waals surface area (Å²) in [6.07, 6.45) is 9.05. The highest BCUT2D eigenvalue weighted by Gasteiger charge is 2.47. The minimum absolute atomic E-state index is 0. The maximum atomic E-state index is 14.5. The molecule has 1 amide bonds. The first-order valence-electron chi connectivity index (χ1n) is 9.92. The number of nitrogens with two attached hydrogens (primary N) is 1. The molecule has 1 aromatic rings. The third kappa shape index (κ3) is 3.38. The monoisotopic (exact) mass is 380 g/mol. The van der Waals surface area contributed by atoms with E-state index in [2.05, 4.69) is 5.32 Å². The molecule has 5 heteroatoms. The van der Waals surface area contributed by atoms with Gasteiger partial charge in [0.2, 0.25) is 5.91 Å². The quantitative estimate of drug-likeness (QED) is 0.830. The fourth-order valence-electron chi connectivity index (χ4n) is 5.76. The minimum Gasteiger partial charge on any atom is -0.352 e. The number of amides is 1. The largest absolute Gasteiger partial charge is 0.352 e. The molecule has 3 fully saturated rings. The predicted octanol–water partition coefficient (Wildman–Crippen LogP) is 4.08. The molecule has 1 aromatic carbocycles. The van der Waals surface area contributed by atoms with E-state index in [0.29, 0.717) is 17.4 Å². The van der Waals surface area contributed by atoms with Crippen LogP contribution in [0.4, 0.5) is 4.39 Å². The lowest BCUT2D eigenvalue weighted by molar-refractivity contribution is -0.129. The van der Waals surface area contributed by atoms with Gasteiger partial charge in [-0.25, -0.2) is 4.39 Å². The number of carbonyl (C=O) groups is 1. The van der Waals surface area contributed by atoms with E-state index in [9.17, 15) is 9.18 Å². The van der Waals surface area contributed by atoms with Crippen LogP contribution in [0.3, 0.4) is 0 Å². The van der Waals surface area contributed by atoms with E-state index >= 15 is 0 Å². The van der Waals surface area contributed by atoms with E-state index in [1.165, 1.54) is 12.5 Å². The average Bonchev–Trinajstić information content (AvgIpc) is 3.07. The van der Waals surface area contributed by atoms with Crippen molar-refractivity contribution in [3.05, 3.63) is 35.6 Å². The maximum Gasteiger partial charge on any atom is 0.230 e. The summed E-state index contributed by atoms with van der Waals surface area (Å²) in [6.45, 7) is 0. The first-order valence-corrected chi connectivity index (χ1v) is 9.92. The molecule has 0 aliphatic heterocycles. The summed E-state index contributed by atoms with van der Waals surface area (Å²) in [7, 11) is 0. The highest BCUT2D eigenvalue weighted by atomic mass is 35.5. The minimum atomic E-state index is -0.681. The van der Waals surface area contributed by atoms with Crippen molar-refractivity contribution in [2.75, 3.05) is 0 Å². The topological polar surface area (TPSA) is 55.1 Å². The van der Waals surface area contributed by atoms with Gasteiger partial charge in [-0.3, -0.25) is 4.79 Å². The van der Waals surface area contributed by atoms with Gasteiger partial charge in [0, 0.05) is 17.6 Å². The first kappa shape index (κ1) is 19.6. The van der Waals surface area contributed by atoms with Crippen LogP contribution in [0.15, 0.2) is 24.3 Å². The molecule has 3 aliphatic rings. The van der Waals surface area contributed by atoms with Gasteiger partial charge in [0.05, 0.1) is 5.41 Å². The van der Waals surface area contributed by atoms with Crippen molar-refractivity contribution in [3.8, 4) is 0 Å². The molecular formula is C21H30ClFN2O. The predicted molar refractivity (Wildman–Crippen MR) is 104 cm³/mol. The molecule has 3 nitrogen and oxygen atoms in total. The summed E-state index contributed by atoms with van der Waals surface area (Å²) < 4.78 is 14.5. The molecule has 0 saturated heterocycles. The van der Waals surface area contributed by atoms with E-state index in [4.69, 9.17) is 5.73 Å². The van der Waals surface area contributed by atoms with Crippen LogP contribution in [-0.4, -0.2) is 18.0 Å². The first-order chi connectivity index (χ1) is 12.1. The fraction of sp³-hybridized carbons (Fsp3) is 0.667. The Bertz CT molecular complexity index is 633. The molecule has 3 N–H and O–H groups in total. The van der Waals surface area contributed by atoms with Crippen molar-refractivity contribution in [2.45, 2.75) is 75.3 Å². The number of benzene rings is 1. The van der Waals surface area contributed by atoms with Crippen LogP contribution in [0.2, 0.25) is 0 Å². The molecule has 3 aliphatic carbocycles. The van der Waals surface area contributed by atoms with Gasteiger partial charge in [0.25, 0.3) is 0 Å². The van der Waals surface area contributed by atoms with Crippen LogP contribution in [0, 0.1) is 17.7 Å². The third-order valence-electron chi connectivity index (χ3n) is 6.96. The molecule has 144 valence electrons. The van der Waals surface area contributed by atoms with Gasteiger partial charge in [0.1, 0.15) is 5.82 Å². The Balaban J connectivity index is 0.00000196. The SMILES string of the molecule is Cl.NC1CC2CCCC(C1)C2NC(=O)C1(c2ccccc2F)CCCC1. The Labute approximate surface area is 161 Å². The zero-order valence-electron chi connectivity index (χ0n) is 15.3. The van der Waals surface area contributed by atoms with Crippen LogP contribution in [0.1, 0.15) is 63.4 Å². The lowest BCUT2D eigenvalue weighted by atomic mass is 9.66. The summed E-state index contributed by atoms with van der Waals surface area (Å²) in [5.41, 5.74) is 6.12. The maximum absolute atomic E-state index is 14.5. The zero-order chi connectivity index (χ0) is 17.4. The molecule has 26 heavy (non-hydrogen) atoms. The smallest absolute Gasteiger partial charge is 0.230 e. The molecule has 2 bridgehead atoms. The summed E-state index contributed by atoms with van der Waals surface area (Å²) in [6, 6.07) is 7.34. The van der Waals surface area contributed by atoms with Gasteiger partial charge < -0.3 is 11.1 Å². The van der Waals surface area contributed by atoms with Crippen LogP contribution >= 0.6 is 12.4 Å². The summed E-state index contributed by atoms with van der Waals surface area (Å²) in [5.74, 6) is 0.786. The molecular weight excluding hydrogens is 351 g/mol. The number of rotatable bonds is 3. The molecule has 4 rings (SSSR count). The molecule has 0 spiro atoms. The zero-order valence-corrected chi connectivity index (χ0v) is 16.1. The van der Waals surface area contributed by atoms with Gasteiger partial charge in [-0.1, -0.05) is 37.5 Å². The normalized spacial score (nSPS) is 32.5. The van der Waals surface area contributed by atoms with Gasteiger partial charge in [-0.05, 0) is 56.4 Å². The van der Waals surface area contributed by atoms with Crippen molar-refractivity contribution in [1.82, 2.24) is 5.32 Å². The van der Waals surface area contributed by atoms with Crippen LogP contribution in [0.5, 0.6) is 0 Å². The van der Waals surface area contributed by atoms with Gasteiger partial charge >= 0.3 is 0 Å². The van der Waals surface area contributed by atoms with Crippen molar-refractivity contribution in [1.29, 1.82) is 0 Å². The standard InChI is InChI=1S/C21H29FN2O.ClH/c22-18-9-2-1-8-17(18)21(10-3-4-11-21)20(25)24-19-14-6-5-7-15(19)13-16(23)12-14;/h1-2,8-9,14-16,19H,3-7,10-13,23H2,(H,24,25);1H. The number of carbonyl (C=O) groups excluding carboxylic acids is 1. The molecule has 3 saturated carbocycles. The molecule has 2 unspecified atom stereocenters. The van der Waals surface area contributed by atoms with E-state index in [1.807, 2.05) is 6.07 Å². The van der Waals surface area contributed by atoms with Crippen molar-refractivity contribution in [3.63, 3.8) is 0 Å². The Morgan fingerprint density at radius 2 is 1.69 bits per heavy atom. The van der Waals surface area contributed by atoms with Crippen LogP contribution in [0.25, 0.3) is 0 Å².